The molecule has 2 heterocycles. The average molecular weight is 322 g/mol. The Morgan fingerprint density at radius 2 is 2.00 bits per heavy atom. The number of nitrogens with one attached hydrogen (secondary N) is 1. The van der Waals surface area contributed by atoms with Crippen LogP contribution in [0.1, 0.15) is 19.0 Å². The minimum Gasteiger partial charge on any atom is -0.355 e. The van der Waals surface area contributed by atoms with Crippen LogP contribution >= 0.6 is 0 Å². The van der Waals surface area contributed by atoms with Gasteiger partial charge in [-0.1, -0.05) is 6.92 Å². The fraction of sp³-hybridized carbons (Fsp3) is 0.667. The molecule has 118 valence electrons. The molecular weight excluding hydrogens is 305 g/mol. The van der Waals surface area contributed by atoms with Crippen molar-refractivity contribution in [3.63, 3.8) is 0 Å². The van der Waals surface area contributed by atoms with Crippen molar-refractivity contribution in [3.05, 3.63) is 11.8 Å². The second-order valence-electron chi connectivity index (χ2n) is 4.69. The van der Waals surface area contributed by atoms with E-state index in [0.717, 1.165) is 12.5 Å². The van der Waals surface area contributed by atoms with Crippen LogP contribution < -0.4 is 10.2 Å². The van der Waals surface area contributed by atoms with Gasteiger partial charge in [-0.05, 0) is 6.42 Å². The van der Waals surface area contributed by atoms with Crippen LogP contribution in [0.5, 0.6) is 0 Å². The van der Waals surface area contributed by atoms with Crippen molar-refractivity contribution in [2.45, 2.75) is 19.5 Å². The smallest absolute Gasteiger partial charge is 0.355 e. The number of aromatic nitrogens is 2. The van der Waals surface area contributed by atoms with E-state index >= 15 is 0 Å². The molecule has 0 aliphatic carbocycles. The molecule has 1 aromatic rings. The van der Waals surface area contributed by atoms with Crippen molar-refractivity contribution >= 4 is 22.6 Å². The molecule has 0 bridgehead atoms. The Morgan fingerprint density at radius 3 is 2.57 bits per heavy atom. The summed E-state index contributed by atoms with van der Waals surface area (Å²) in [6, 6.07) is 0.950. The first-order valence-corrected chi connectivity index (χ1v) is 8.19. The van der Waals surface area contributed by atoms with Crippen molar-refractivity contribution in [2.75, 3.05) is 41.4 Å². The van der Waals surface area contributed by atoms with Gasteiger partial charge in [0, 0.05) is 48.0 Å². The summed E-state index contributed by atoms with van der Waals surface area (Å²) in [5.41, 5.74) is -0.960. The Hall–Kier alpha value is -1.38. The first-order valence-electron chi connectivity index (χ1n) is 6.70. The summed E-state index contributed by atoms with van der Waals surface area (Å²) < 4.78 is 50.1. The highest BCUT2D eigenvalue weighted by Crippen LogP contribution is 2.30. The number of anilines is 2. The molecule has 1 aromatic heterocycles. The van der Waals surface area contributed by atoms with Crippen molar-refractivity contribution in [2.24, 2.45) is 0 Å². The van der Waals surface area contributed by atoms with Crippen LogP contribution in [0.4, 0.5) is 24.9 Å². The maximum atomic E-state index is 12.9. The molecule has 0 saturated carbocycles. The maximum Gasteiger partial charge on any atom is 0.433 e. The molecule has 21 heavy (non-hydrogen) atoms. The van der Waals surface area contributed by atoms with Crippen LogP contribution in [0.15, 0.2) is 6.07 Å². The van der Waals surface area contributed by atoms with Gasteiger partial charge in [0.15, 0.2) is 5.69 Å². The Balaban J connectivity index is 2.28. The molecule has 0 spiro atoms. The second-order valence-corrected chi connectivity index (χ2v) is 6.39. The number of alkyl halides is 3. The number of hydrogen-bond donors (Lipinski definition) is 1. The van der Waals surface area contributed by atoms with Crippen molar-refractivity contribution in [1.82, 2.24) is 9.97 Å². The molecule has 0 aromatic carbocycles. The lowest BCUT2D eigenvalue weighted by molar-refractivity contribution is -0.141. The van der Waals surface area contributed by atoms with Gasteiger partial charge < -0.3 is 10.2 Å². The van der Waals surface area contributed by atoms with E-state index in [1.165, 1.54) is 0 Å². The summed E-state index contributed by atoms with van der Waals surface area (Å²) in [7, 11) is -0.890. The fourth-order valence-electron chi connectivity index (χ4n) is 1.92. The van der Waals surface area contributed by atoms with E-state index in [1.54, 1.807) is 4.90 Å². The lowest BCUT2D eigenvalue weighted by Gasteiger charge is -2.28. The third kappa shape index (κ3) is 4.29. The van der Waals surface area contributed by atoms with Crippen molar-refractivity contribution in [3.8, 4) is 0 Å². The van der Waals surface area contributed by atoms with Crippen molar-refractivity contribution < 1.29 is 17.4 Å². The van der Waals surface area contributed by atoms with E-state index in [4.69, 9.17) is 0 Å². The minimum absolute atomic E-state index is 0.0200. The molecule has 0 atom stereocenters. The molecule has 1 saturated heterocycles. The van der Waals surface area contributed by atoms with E-state index in [-0.39, 0.29) is 11.8 Å². The molecule has 5 nitrogen and oxygen atoms in total. The quantitative estimate of drug-likeness (QED) is 0.917. The molecule has 9 heteroatoms. The molecule has 0 unspecified atom stereocenters. The van der Waals surface area contributed by atoms with E-state index in [1.807, 2.05) is 6.92 Å². The molecule has 1 N–H and O–H groups in total. The Labute approximate surface area is 123 Å². The zero-order chi connectivity index (χ0) is 15.5. The number of rotatable bonds is 4. The van der Waals surface area contributed by atoms with E-state index in [9.17, 15) is 17.4 Å². The van der Waals surface area contributed by atoms with Crippen molar-refractivity contribution in [1.29, 1.82) is 0 Å². The molecule has 0 amide bonds. The topological polar surface area (TPSA) is 58.1 Å². The average Bonchev–Trinajstić information content (AvgIpc) is 2.44. The minimum atomic E-state index is -4.51. The van der Waals surface area contributed by atoms with Gasteiger partial charge in [-0.2, -0.15) is 18.2 Å². The van der Waals surface area contributed by atoms with Crippen LogP contribution in [0.3, 0.4) is 0 Å². The molecular formula is C12H17F3N4OS. The largest absolute Gasteiger partial charge is 0.433 e. The van der Waals surface area contributed by atoms with Crippen LogP contribution in [-0.2, 0) is 17.0 Å². The summed E-state index contributed by atoms with van der Waals surface area (Å²) in [5, 5.41) is 2.79. The van der Waals surface area contributed by atoms with E-state index < -0.39 is 22.7 Å². The molecule has 1 aliphatic rings. The summed E-state index contributed by atoms with van der Waals surface area (Å²) in [6.07, 6.45) is -3.75. The highest BCUT2D eigenvalue weighted by atomic mass is 32.2. The van der Waals surface area contributed by atoms with Gasteiger partial charge in [-0.15, -0.1) is 0 Å². The summed E-state index contributed by atoms with van der Waals surface area (Å²) in [6.45, 7) is 3.29. The van der Waals surface area contributed by atoms with Gasteiger partial charge >= 0.3 is 6.18 Å². The second kappa shape index (κ2) is 6.59. The third-order valence-electron chi connectivity index (χ3n) is 3.04. The predicted molar refractivity (Wildman–Crippen MR) is 75.9 cm³/mol. The number of halogens is 3. The van der Waals surface area contributed by atoms with E-state index in [2.05, 4.69) is 15.3 Å². The van der Waals surface area contributed by atoms with Crippen LogP contribution in [-0.4, -0.2) is 45.3 Å². The summed E-state index contributed by atoms with van der Waals surface area (Å²) in [4.78, 5) is 9.37. The SMILES string of the molecule is CCCNc1nc(N2CCS(=O)CC2)cc(C(F)(F)F)n1. The number of hydrogen-bond acceptors (Lipinski definition) is 5. The lowest BCUT2D eigenvalue weighted by atomic mass is 10.3. The molecule has 2 rings (SSSR count). The number of nitrogens with zero attached hydrogens (tertiary/aromatic N) is 3. The summed E-state index contributed by atoms with van der Waals surface area (Å²) >= 11 is 0. The highest BCUT2D eigenvalue weighted by molar-refractivity contribution is 7.85. The van der Waals surface area contributed by atoms with Gasteiger partial charge in [0.05, 0.1) is 0 Å². The normalized spacial score (nSPS) is 17.0. The fourth-order valence-corrected chi connectivity index (χ4v) is 2.98. The lowest BCUT2D eigenvalue weighted by Crippen LogP contribution is -2.38. The van der Waals surface area contributed by atoms with Gasteiger partial charge in [0.1, 0.15) is 5.82 Å². The Morgan fingerprint density at radius 1 is 1.33 bits per heavy atom. The zero-order valence-corrected chi connectivity index (χ0v) is 12.4. The van der Waals surface area contributed by atoms with Crippen LogP contribution in [0, 0.1) is 0 Å². The van der Waals surface area contributed by atoms with Gasteiger partial charge in [0.2, 0.25) is 5.95 Å². The standard InChI is InChI=1S/C12H17F3N4OS/c1-2-3-16-11-17-9(12(13,14)15)8-10(18-11)19-4-6-21(20)7-5-19/h8H,2-7H2,1H3,(H,16,17,18). The summed E-state index contributed by atoms with van der Waals surface area (Å²) in [5.74, 6) is 1.10. The Kier molecular flexibility index (Phi) is 5.02. The first-order chi connectivity index (χ1) is 9.90. The van der Waals surface area contributed by atoms with Gasteiger partial charge in [-0.3, -0.25) is 4.21 Å². The van der Waals surface area contributed by atoms with Gasteiger partial charge in [0.25, 0.3) is 0 Å². The highest BCUT2D eigenvalue weighted by Gasteiger charge is 2.34. The van der Waals surface area contributed by atoms with Gasteiger partial charge in [-0.25, -0.2) is 4.98 Å². The molecule has 1 fully saturated rings. The van der Waals surface area contributed by atoms with E-state index in [0.29, 0.717) is 31.1 Å². The first kappa shape index (κ1) is 16.0. The predicted octanol–water partition coefficient (Wildman–Crippen LogP) is 1.89. The van der Waals surface area contributed by atoms with Crippen LogP contribution in [0.2, 0.25) is 0 Å². The maximum absolute atomic E-state index is 12.9. The Bertz CT molecular complexity index is 514. The zero-order valence-electron chi connectivity index (χ0n) is 11.6. The van der Waals surface area contributed by atoms with Crippen LogP contribution in [0.25, 0.3) is 0 Å². The third-order valence-corrected chi connectivity index (χ3v) is 4.31. The monoisotopic (exact) mass is 322 g/mol. The molecule has 1 aliphatic heterocycles. The molecule has 0 radical (unpaired) electrons.